The van der Waals surface area contributed by atoms with Crippen LogP contribution >= 0.6 is 0 Å². The highest BCUT2D eigenvalue weighted by atomic mass is 16.5. The molecule has 2 aromatic carbocycles. The Balaban J connectivity index is 1.95. The minimum Gasteiger partial charge on any atom is -0.465 e. The number of amides is 2. The molecule has 0 radical (unpaired) electrons. The van der Waals surface area contributed by atoms with Gasteiger partial charge in [0.15, 0.2) is 0 Å². The van der Waals surface area contributed by atoms with E-state index in [2.05, 4.69) is 10.6 Å². The van der Waals surface area contributed by atoms with Crippen molar-refractivity contribution in [1.82, 2.24) is 5.32 Å². The summed E-state index contributed by atoms with van der Waals surface area (Å²) in [7, 11) is 1.29. The number of hydrogen-bond donors (Lipinski definition) is 2. The fourth-order valence-corrected chi connectivity index (χ4v) is 2.65. The van der Waals surface area contributed by atoms with E-state index in [1.54, 1.807) is 12.1 Å². The Morgan fingerprint density at radius 2 is 1.91 bits per heavy atom. The number of fused-ring (bicyclic) bond motifs is 1. The van der Waals surface area contributed by atoms with Gasteiger partial charge in [0.2, 0.25) is 11.8 Å². The van der Waals surface area contributed by atoms with E-state index >= 15 is 0 Å². The van der Waals surface area contributed by atoms with Crippen LogP contribution in [-0.2, 0) is 14.3 Å². The lowest BCUT2D eigenvalue weighted by Gasteiger charge is -2.14. The van der Waals surface area contributed by atoms with E-state index in [1.807, 2.05) is 24.3 Å². The maximum atomic E-state index is 12.3. The number of carbonyl (C=O) groups excluding carboxylic acids is 3. The predicted octanol–water partition coefficient (Wildman–Crippen LogP) is 1.84. The number of ether oxygens (including phenoxy) is 1. The first-order chi connectivity index (χ1) is 11.1. The van der Waals surface area contributed by atoms with Gasteiger partial charge in [0.25, 0.3) is 0 Å². The summed E-state index contributed by atoms with van der Waals surface area (Å²) in [6.07, 6.45) is 0.783. The van der Waals surface area contributed by atoms with E-state index in [1.165, 1.54) is 7.11 Å². The smallest absolute Gasteiger partial charge is 0.339 e. The molecule has 0 saturated carbocycles. The van der Waals surface area contributed by atoms with Gasteiger partial charge in [-0.2, -0.15) is 0 Å². The summed E-state index contributed by atoms with van der Waals surface area (Å²) in [5.74, 6) is -1.00. The number of methoxy groups -OCH3 is 1. The van der Waals surface area contributed by atoms with Crippen molar-refractivity contribution in [2.75, 3.05) is 12.4 Å². The van der Waals surface area contributed by atoms with Crippen molar-refractivity contribution in [3.63, 3.8) is 0 Å². The summed E-state index contributed by atoms with van der Waals surface area (Å²) in [6, 6.07) is 10.4. The number of carbonyl (C=O) groups is 3. The van der Waals surface area contributed by atoms with Crippen LogP contribution in [0.5, 0.6) is 0 Å². The highest BCUT2D eigenvalue weighted by Crippen LogP contribution is 2.25. The fraction of sp³-hybridized carbons (Fsp3) is 0.235. The number of hydrogen-bond acceptors (Lipinski definition) is 4. The largest absolute Gasteiger partial charge is 0.465 e. The van der Waals surface area contributed by atoms with Crippen LogP contribution in [0, 0.1) is 0 Å². The average molecular weight is 312 g/mol. The summed E-state index contributed by atoms with van der Waals surface area (Å²) in [4.78, 5) is 35.5. The van der Waals surface area contributed by atoms with Crippen LogP contribution in [0.3, 0.4) is 0 Å². The van der Waals surface area contributed by atoms with Crippen LogP contribution < -0.4 is 10.6 Å². The van der Waals surface area contributed by atoms with Crippen molar-refractivity contribution in [2.24, 2.45) is 0 Å². The minimum atomic E-state index is -0.570. The molecule has 0 unspecified atom stereocenters. The number of benzene rings is 2. The molecule has 1 aliphatic heterocycles. The summed E-state index contributed by atoms with van der Waals surface area (Å²) < 4.78 is 4.79. The molecule has 118 valence electrons. The molecule has 0 aromatic heterocycles. The molecule has 1 saturated heterocycles. The first kappa shape index (κ1) is 15.0. The molecule has 23 heavy (non-hydrogen) atoms. The normalized spacial score (nSPS) is 16.9. The van der Waals surface area contributed by atoms with Crippen LogP contribution in [0.25, 0.3) is 10.8 Å². The highest BCUT2D eigenvalue weighted by molar-refractivity contribution is 6.07. The first-order valence-electron chi connectivity index (χ1n) is 7.30. The molecular formula is C17H16N2O4. The van der Waals surface area contributed by atoms with Crippen molar-refractivity contribution in [1.29, 1.82) is 0 Å². The fourth-order valence-electron chi connectivity index (χ4n) is 2.65. The molecule has 2 aromatic rings. The van der Waals surface area contributed by atoms with Crippen LogP contribution in [0.4, 0.5) is 5.69 Å². The minimum absolute atomic E-state index is 0.142. The van der Waals surface area contributed by atoms with Gasteiger partial charge >= 0.3 is 5.97 Å². The molecule has 6 heteroatoms. The summed E-state index contributed by atoms with van der Waals surface area (Å²) in [5.41, 5.74) is 0.658. The zero-order valence-corrected chi connectivity index (χ0v) is 12.6. The molecular weight excluding hydrogens is 296 g/mol. The highest BCUT2D eigenvalue weighted by Gasteiger charge is 2.28. The van der Waals surface area contributed by atoms with E-state index in [9.17, 15) is 14.4 Å². The lowest BCUT2D eigenvalue weighted by molar-refractivity contribution is -0.122. The van der Waals surface area contributed by atoms with Crippen LogP contribution in [-0.4, -0.2) is 30.9 Å². The Morgan fingerprint density at radius 3 is 2.52 bits per heavy atom. The van der Waals surface area contributed by atoms with Gasteiger partial charge in [-0.3, -0.25) is 9.59 Å². The third-order valence-corrected chi connectivity index (χ3v) is 3.86. The first-order valence-corrected chi connectivity index (χ1v) is 7.30. The topological polar surface area (TPSA) is 84.5 Å². The van der Waals surface area contributed by atoms with Gasteiger partial charge in [-0.1, -0.05) is 24.3 Å². The van der Waals surface area contributed by atoms with Crippen LogP contribution in [0.15, 0.2) is 36.4 Å². The second-order valence-corrected chi connectivity index (χ2v) is 5.38. The molecule has 6 nitrogen and oxygen atoms in total. The molecule has 1 fully saturated rings. The average Bonchev–Trinajstić information content (AvgIpc) is 3.00. The van der Waals surface area contributed by atoms with Gasteiger partial charge in [-0.15, -0.1) is 0 Å². The second-order valence-electron chi connectivity index (χ2n) is 5.38. The molecule has 1 aliphatic rings. The number of rotatable bonds is 3. The van der Waals surface area contributed by atoms with Crippen molar-refractivity contribution in [2.45, 2.75) is 18.9 Å². The molecule has 0 spiro atoms. The van der Waals surface area contributed by atoms with E-state index in [4.69, 9.17) is 4.74 Å². The van der Waals surface area contributed by atoms with Gasteiger partial charge < -0.3 is 15.4 Å². The van der Waals surface area contributed by atoms with Crippen LogP contribution in [0.1, 0.15) is 23.2 Å². The molecule has 0 bridgehead atoms. The third-order valence-electron chi connectivity index (χ3n) is 3.86. The van der Waals surface area contributed by atoms with E-state index in [-0.39, 0.29) is 17.4 Å². The Labute approximate surface area is 132 Å². The zero-order valence-electron chi connectivity index (χ0n) is 12.6. The van der Waals surface area contributed by atoms with Crippen molar-refractivity contribution < 1.29 is 19.1 Å². The van der Waals surface area contributed by atoms with E-state index < -0.39 is 12.0 Å². The molecule has 1 heterocycles. The monoisotopic (exact) mass is 312 g/mol. The Bertz CT molecular complexity index is 800. The number of anilines is 1. The van der Waals surface area contributed by atoms with Gasteiger partial charge in [-0.05, 0) is 29.3 Å². The molecule has 1 atom stereocenters. The van der Waals surface area contributed by atoms with Gasteiger partial charge in [0.1, 0.15) is 6.04 Å². The SMILES string of the molecule is COC(=O)c1cc2ccccc2cc1NC(=O)[C@@H]1CCC(=O)N1. The van der Waals surface area contributed by atoms with Crippen LogP contribution in [0.2, 0.25) is 0 Å². The van der Waals surface area contributed by atoms with Crippen molar-refractivity contribution in [3.8, 4) is 0 Å². The maximum absolute atomic E-state index is 12.3. The molecule has 0 aliphatic carbocycles. The lowest BCUT2D eigenvalue weighted by atomic mass is 10.0. The van der Waals surface area contributed by atoms with Gasteiger partial charge in [-0.25, -0.2) is 4.79 Å². The molecule has 3 rings (SSSR count). The third kappa shape index (κ3) is 3.01. The summed E-state index contributed by atoms with van der Waals surface area (Å²) in [6.45, 7) is 0. The Kier molecular flexibility index (Phi) is 3.97. The standard InChI is InChI=1S/C17H16N2O4/c1-23-17(22)12-8-10-4-2-3-5-11(10)9-14(12)19-16(21)13-6-7-15(20)18-13/h2-5,8-9,13H,6-7H2,1H3,(H,18,20)(H,19,21)/t13-/m0/s1. The Morgan fingerprint density at radius 1 is 1.22 bits per heavy atom. The number of nitrogens with one attached hydrogen (secondary N) is 2. The maximum Gasteiger partial charge on any atom is 0.339 e. The molecule has 2 amide bonds. The Hall–Kier alpha value is -2.89. The summed E-state index contributed by atoms with van der Waals surface area (Å²) in [5, 5.41) is 7.10. The number of esters is 1. The lowest BCUT2D eigenvalue weighted by Crippen LogP contribution is -2.37. The van der Waals surface area contributed by atoms with Crippen molar-refractivity contribution in [3.05, 3.63) is 42.0 Å². The quantitative estimate of drug-likeness (QED) is 0.847. The second kappa shape index (κ2) is 6.08. The van der Waals surface area contributed by atoms with E-state index in [0.29, 0.717) is 18.5 Å². The van der Waals surface area contributed by atoms with Gasteiger partial charge in [0.05, 0.1) is 18.4 Å². The predicted molar refractivity (Wildman–Crippen MR) is 85.1 cm³/mol. The van der Waals surface area contributed by atoms with Gasteiger partial charge in [0, 0.05) is 6.42 Å². The van der Waals surface area contributed by atoms with E-state index in [0.717, 1.165) is 10.8 Å². The summed E-state index contributed by atoms with van der Waals surface area (Å²) >= 11 is 0. The molecule has 2 N–H and O–H groups in total. The zero-order chi connectivity index (χ0) is 16.4. The van der Waals surface area contributed by atoms with Crippen molar-refractivity contribution >= 4 is 34.2 Å².